The van der Waals surface area contributed by atoms with Gasteiger partial charge < -0.3 is 9.67 Å². The van der Waals surface area contributed by atoms with Crippen molar-refractivity contribution in [3.05, 3.63) is 75.8 Å². The van der Waals surface area contributed by atoms with Crippen molar-refractivity contribution in [3.63, 3.8) is 0 Å². The summed E-state index contributed by atoms with van der Waals surface area (Å²) in [6, 6.07) is 8.08. The van der Waals surface area contributed by atoms with Crippen molar-refractivity contribution in [1.29, 1.82) is 0 Å². The first-order valence-corrected chi connectivity index (χ1v) is 10.9. The molecule has 0 spiro atoms. The number of fused-ring (bicyclic) bond motifs is 1. The molecule has 2 aromatic carbocycles. The molecular weight excluding hydrogens is 498 g/mol. The van der Waals surface area contributed by atoms with Gasteiger partial charge in [-0.15, -0.1) is 0 Å². The molecule has 184 valence electrons. The second kappa shape index (κ2) is 9.08. The SMILES string of the molecule is O=C1SC(=Cc2ccc3c(ccn3Cc3ccc(C(F)(F)F)cc3C(F)(F)F)c2)C(=O)N1CCO. The summed E-state index contributed by atoms with van der Waals surface area (Å²) in [5, 5.41) is 9.10. The lowest BCUT2D eigenvalue weighted by molar-refractivity contribution is -0.143. The number of thioether (sulfide) groups is 1. The first-order valence-electron chi connectivity index (χ1n) is 10.1. The van der Waals surface area contributed by atoms with Gasteiger partial charge in [0.2, 0.25) is 0 Å². The van der Waals surface area contributed by atoms with E-state index in [1.165, 1.54) is 16.8 Å². The fourth-order valence-electron chi connectivity index (χ4n) is 3.73. The van der Waals surface area contributed by atoms with Gasteiger partial charge in [0, 0.05) is 23.6 Å². The molecule has 2 amide bonds. The minimum absolute atomic E-state index is 0.114. The van der Waals surface area contributed by atoms with Crippen LogP contribution >= 0.6 is 11.8 Å². The first-order chi connectivity index (χ1) is 16.4. The number of carbonyl (C=O) groups excluding carboxylic acids is 2. The van der Waals surface area contributed by atoms with Crippen LogP contribution < -0.4 is 0 Å². The molecule has 0 saturated carbocycles. The Labute approximate surface area is 198 Å². The van der Waals surface area contributed by atoms with Crippen LogP contribution in [0.1, 0.15) is 22.3 Å². The third-order valence-corrected chi connectivity index (χ3v) is 6.28. The topological polar surface area (TPSA) is 62.5 Å². The van der Waals surface area contributed by atoms with E-state index in [0.29, 0.717) is 22.5 Å². The summed E-state index contributed by atoms with van der Waals surface area (Å²) in [5.41, 5.74) is -1.95. The fraction of sp³-hybridized carbons (Fsp3) is 0.217. The molecule has 1 N–H and O–H groups in total. The van der Waals surface area contributed by atoms with Crippen molar-refractivity contribution >= 4 is 39.9 Å². The van der Waals surface area contributed by atoms with E-state index >= 15 is 0 Å². The molecule has 1 fully saturated rings. The van der Waals surface area contributed by atoms with Crippen molar-refractivity contribution in [3.8, 4) is 0 Å². The fourth-order valence-corrected chi connectivity index (χ4v) is 4.59. The lowest BCUT2D eigenvalue weighted by Crippen LogP contribution is -2.30. The van der Waals surface area contributed by atoms with Gasteiger partial charge in [-0.25, -0.2) is 0 Å². The first kappa shape index (κ1) is 24.9. The van der Waals surface area contributed by atoms with E-state index in [9.17, 15) is 35.9 Å². The number of rotatable bonds is 5. The summed E-state index contributed by atoms with van der Waals surface area (Å²) in [6.07, 6.45) is -6.86. The van der Waals surface area contributed by atoms with Crippen LogP contribution in [0, 0.1) is 0 Å². The Hall–Kier alpha value is -3.25. The normalized spacial score (nSPS) is 16.2. The van der Waals surface area contributed by atoms with Crippen LogP contribution in [0.25, 0.3) is 17.0 Å². The van der Waals surface area contributed by atoms with Gasteiger partial charge in [0.15, 0.2) is 0 Å². The zero-order chi connectivity index (χ0) is 25.5. The van der Waals surface area contributed by atoms with E-state index in [0.717, 1.165) is 22.7 Å². The number of aliphatic hydroxyl groups is 1. The molecule has 0 unspecified atom stereocenters. The second-order valence-electron chi connectivity index (χ2n) is 7.69. The van der Waals surface area contributed by atoms with Crippen molar-refractivity contribution in [2.24, 2.45) is 0 Å². The number of alkyl halides is 6. The van der Waals surface area contributed by atoms with E-state index in [1.807, 2.05) is 0 Å². The number of nitrogens with zero attached hydrogens (tertiary/aromatic N) is 2. The van der Waals surface area contributed by atoms with Crippen molar-refractivity contribution in [1.82, 2.24) is 9.47 Å². The van der Waals surface area contributed by atoms with Gasteiger partial charge in [0.1, 0.15) is 0 Å². The monoisotopic (exact) mass is 514 g/mol. The molecular formula is C23H16F6N2O3S. The Morgan fingerprint density at radius 1 is 0.943 bits per heavy atom. The Kier molecular flexibility index (Phi) is 6.45. The van der Waals surface area contributed by atoms with Crippen molar-refractivity contribution in [2.75, 3.05) is 13.2 Å². The number of aliphatic hydroxyl groups excluding tert-OH is 1. The summed E-state index contributed by atoms with van der Waals surface area (Å²) in [6.45, 7) is -0.788. The van der Waals surface area contributed by atoms with Crippen LogP contribution in [-0.4, -0.2) is 38.9 Å². The van der Waals surface area contributed by atoms with Gasteiger partial charge in [-0.1, -0.05) is 12.1 Å². The standard InChI is InChI=1S/C23H16F6N2O3S/c24-22(25,26)16-3-2-15(17(11-16)23(27,28)29)12-30-6-5-14-9-13(1-4-18(14)30)10-19-20(33)31(7-8-32)21(34)35-19/h1-6,9-11,32H,7-8,12H2. The Morgan fingerprint density at radius 3 is 2.34 bits per heavy atom. The molecule has 0 atom stereocenters. The van der Waals surface area contributed by atoms with Gasteiger partial charge in [0.05, 0.1) is 29.2 Å². The molecule has 1 aromatic heterocycles. The molecule has 12 heteroatoms. The van der Waals surface area contributed by atoms with Gasteiger partial charge in [-0.2, -0.15) is 26.3 Å². The van der Waals surface area contributed by atoms with E-state index in [-0.39, 0.29) is 36.2 Å². The number of β-amino-alcohol motifs (C(OH)–C–C–N with tert-alkyl or cyclic N) is 1. The quantitative estimate of drug-likeness (QED) is 0.348. The lowest BCUT2D eigenvalue weighted by Gasteiger charge is -2.17. The molecule has 0 radical (unpaired) electrons. The summed E-state index contributed by atoms with van der Waals surface area (Å²) < 4.78 is 80.7. The molecule has 2 heterocycles. The maximum atomic E-state index is 13.5. The second-order valence-corrected chi connectivity index (χ2v) is 8.68. The Morgan fingerprint density at radius 2 is 1.69 bits per heavy atom. The van der Waals surface area contributed by atoms with Crippen molar-refractivity contribution < 1.29 is 41.0 Å². The highest BCUT2D eigenvalue weighted by Crippen LogP contribution is 2.38. The smallest absolute Gasteiger partial charge is 0.395 e. The number of halogens is 6. The number of hydrogen-bond acceptors (Lipinski definition) is 4. The summed E-state index contributed by atoms with van der Waals surface area (Å²) >= 11 is 0.731. The van der Waals surface area contributed by atoms with E-state index in [2.05, 4.69) is 0 Å². The third kappa shape index (κ3) is 5.08. The number of amides is 2. The van der Waals surface area contributed by atoms with Gasteiger partial charge in [-0.3, -0.25) is 14.5 Å². The van der Waals surface area contributed by atoms with Crippen LogP contribution in [0.2, 0.25) is 0 Å². The maximum absolute atomic E-state index is 13.5. The number of hydrogen-bond donors (Lipinski definition) is 1. The highest BCUT2D eigenvalue weighted by molar-refractivity contribution is 8.18. The average Bonchev–Trinajstić information content (AvgIpc) is 3.28. The highest BCUT2D eigenvalue weighted by Gasteiger charge is 2.38. The van der Waals surface area contributed by atoms with Crippen LogP contribution in [0.15, 0.2) is 53.6 Å². The molecule has 5 nitrogen and oxygen atoms in total. The molecule has 3 aromatic rings. The minimum atomic E-state index is -4.97. The molecule has 1 aliphatic heterocycles. The number of imide groups is 1. The molecule has 4 rings (SSSR count). The molecule has 0 aliphatic carbocycles. The van der Waals surface area contributed by atoms with Crippen LogP contribution in [0.3, 0.4) is 0 Å². The molecule has 35 heavy (non-hydrogen) atoms. The summed E-state index contributed by atoms with van der Waals surface area (Å²) in [5.74, 6) is -0.534. The predicted molar refractivity (Wildman–Crippen MR) is 117 cm³/mol. The predicted octanol–water partition coefficient (Wildman–Crippen LogP) is 5.76. The highest BCUT2D eigenvalue weighted by atomic mass is 32.2. The average molecular weight is 514 g/mol. The molecule has 1 aliphatic rings. The number of benzene rings is 2. The number of carbonyl (C=O) groups is 2. The van der Waals surface area contributed by atoms with Crippen LogP contribution in [0.4, 0.5) is 31.1 Å². The zero-order valence-corrected chi connectivity index (χ0v) is 18.5. The largest absolute Gasteiger partial charge is 0.416 e. The summed E-state index contributed by atoms with van der Waals surface area (Å²) in [7, 11) is 0. The van der Waals surface area contributed by atoms with Crippen LogP contribution in [0.5, 0.6) is 0 Å². The van der Waals surface area contributed by atoms with Gasteiger partial charge in [0.25, 0.3) is 11.1 Å². The van der Waals surface area contributed by atoms with Gasteiger partial charge in [-0.05, 0) is 59.3 Å². The van der Waals surface area contributed by atoms with Crippen LogP contribution in [-0.2, 0) is 23.7 Å². The maximum Gasteiger partial charge on any atom is 0.416 e. The van der Waals surface area contributed by atoms with E-state index in [1.54, 1.807) is 24.3 Å². The van der Waals surface area contributed by atoms with E-state index < -0.39 is 34.6 Å². The van der Waals surface area contributed by atoms with Crippen molar-refractivity contribution in [2.45, 2.75) is 18.9 Å². The minimum Gasteiger partial charge on any atom is -0.395 e. The Bertz CT molecular complexity index is 1340. The summed E-state index contributed by atoms with van der Waals surface area (Å²) in [4.78, 5) is 25.3. The zero-order valence-electron chi connectivity index (χ0n) is 17.7. The van der Waals surface area contributed by atoms with E-state index in [4.69, 9.17) is 5.11 Å². The molecule has 0 bridgehead atoms. The Balaban J connectivity index is 1.64. The van der Waals surface area contributed by atoms with Gasteiger partial charge >= 0.3 is 12.4 Å². The number of aromatic nitrogens is 1. The molecule has 1 saturated heterocycles. The lowest BCUT2D eigenvalue weighted by atomic mass is 10.0. The third-order valence-electron chi connectivity index (χ3n) is 5.37.